The summed E-state index contributed by atoms with van der Waals surface area (Å²) in [7, 11) is 1.44. The average Bonchev–Trinajstić information content (AvgIpc) is 3.20. The number of allylic oxidation sites excluding steroid dienone is 4. The van der Waals surface area contributed by atoms with E-state index < -0.39 is 41.0 Å². The van der Waals surface area contributed by atoms with Gasteiger partial charge in [-0.25, -0.2) is 0 Å². The predicted octanol–water partition coefficient (Wildman–Crippen LogP) is 4.95. The molecule has 9 nitrogen and oxygen atoms in total. The molecule has 2 N–H and O–H groups in total. The maximum absolute atomic E-state index is 14.1. The number of carbonyl (C=O) groups excluding carboxylic acids is 4. The van der Waals surface area contributed by atoms with Crippen LogP contribution in [0.3, 0.4) is 0 Å². The molecular formula is C32H36BrNO8. The van der Waals surface area contributed by atoms with Gasteiger partial charge in [0.25, 0.3) is 0 Å². The summed E-state index contributed by atoms with van der Waals surface area (Å²) < 4.78 is 5.81. The number of amides is 2. The van der Waals surface area contributed by atoms with Gasteiger partial charge in [0.2, 0.25) is 11.8 Å². The highest BCUT2D eigenvalue weighted by Gasteiger charge is 2.63. The molecular weight excluding hydrogens is 606 g/mol. The number of halogens is 1. The number of ether oxygens (including phenoxy) is 1. The molecule has 224 valence electrons. The Labute approximate surface area is 253 Å². The van der Waals surface area contributed by atoms with Gasteiger partial charge in [-0.05, 0) is 90.2 Å². The third-order valence-electron chi connectivity index (χ3n) is 10.1. The fraction of sp³-hybridized carbons (Fsp3) is 0.531. The van der Waals surface area contributed by atoms with Crippen molar-refractivity contribution < 1.29 is 38.9 Å². The van der Waals surface area contributed by atoms with E-state index in [9.17, 15) is 29.1 Å². The second-order valence-electron chi connectivity index (χ2n) is 12.2. The quantitative estimate of drug-likeness (QED) is 0.231. The zero-order valence-corrected chi connectivity index (χ0v) is 25.8. The number of hydrogen-bond acceptors (Lipinski definition) is 7. The molecule has 2 fully saturated rings. The van der Waals surface area contributed by atoms with Crippen molar-refractivity contribution in [3.8, 4) is 11.5 Å². The average molecular weight is 643 g/mol. The van der Waals surface area contributed by atoms with E-state index in [-0.39, 0.29) is 54.3 Å². The smallest absolute Gasteiger partial charge is 0.303 e. The summed E-state index contributed by atoms with van der Waals surface area (Å²) in [6, 6.07) is 3.43. The normalized spacial score (nSPS) is 30.6. The number of Topliss-reactive ketones (excluding diaryl/α,β-unsaturated/α-hetero) is 2. The van der Waals surface area contributed by atoms with Gasteiger partial charge in [-0.15, -0.1) is 0 Å². The van der Waals surface area contributed by atoms with Crippen molar-refractivity contribution in [2.24, 2.45) is 29.1 Å². The standard InChI is InChI=1S/C32H36BrNO8/c1-15-16(2)29(39)32(3)21(27(15)37)14-20-18(26(32)17-12-22(33)28(38)23(13-17)42-4)9-10-19-25(20)31(41)34(30(19)40)11-7-5-6-8-24(35)36/h9,12-13,19-21,25-26,38H,5-8,10-11,14H2,1-4H3,(H,35,36)/t19-,20+,21-,25-,26-,32+/m0/s1. The maximum Gasteiger partial charge on any atom is 0.303 e. The highest BCUT2D eigenvalue weighted by Crippen LogP contribution is 2.63. The lowest BCUT2D eigenvalue weighted by Gasteiger charge is -2.54. The number of rotatable bonds is 8. The van der Waals surface area contributed by atoms with Crippen LogP contribution >= 0.6 is 15.9 Å². The number of methoxy groups -OCH3 is 1. The number of fused-ring (bicyclic) bond motifs is 4. The molecule has 1 aromatic rings. The van der Waals surface area contributed by atoms with Crippen molar-refractivity contribution in [2.45, 2.75) is 65.2 Å². The van der Waals surface area contributed by atoms with Crippen LogP contribution in [0, 0.1) is 29.1 Å². The molecule has 0 unspecified atom stereocenters. The molecule has 4 aliphatic rings. The predicted molar refractivity (Wildman–Crippen MR) is 156 cm³/mol. The number of aromatic hydroxyl groups is 1. The summed E-state index contributed by atoms with van der Waals surface area (Å²) >= 11 is 3.41. The van der Waals surface area contributed by atoms with Crippen LogP contribution in [0.1, 0.15) is 70.8 Å². The number of phenols is 1. The minimum absolute atomic E-state index is 0.0439. The van der Waals surface area contributed by atoms with Crippen molar-refractivity contribution in [3.05, 3.63) is 45.0 Å². The van der Waals surface area contributed by atoms with Crippen molar-refractivity contribution in [1.29, 1.82) is 0 Å². The lowest BCUT2D eigenvalue weighted by atomic mass is 9.46. The molecule has 6 atom stereocenters. The van der Waals surface area contributed by atoms with Crippen LogP contribution < -0.4 is 4.74 Å². The molecule has 0 radical (unpaired) electrons. The number of phenolic OH excluding ortho intramolecular Hbond substituents is 1. The van der Waals surface area contributed by atoms with Crippen LogP contribution in [0.15, 0.2) is 39.4 Å². The SMILES string of the molecule is COc1cc([C@H]2C3=CC[C@@H]4C(=O)N(CCCCCC(=O)O)C(=O)[C@@H]4[C@@H]3C[C@H]3C(=O)C(C)=C(C)C(=O)[C@@]23C)cc(Br)c1O. The Balaban J connectivity index is 1.57. The van der Waals surface area contributed by atoms with Crippen molar-refractivity contribution in [1.82, 2.24) is 4.90 Å². The molecule has 1 aliphatic heterocycles. The molecule has 1 saturated carbocycles. The van der Waals surface area contributed by atoms with E-state index in [1.54, 1.807) is 26.0 Å². The molecule has 2 amide bonds. The van der Waals surface area contributed by atoms with Crippen LogP contribution in [0.2, 0.25) is 0 Å². The molecule has 3 aliphatic carbocycles. The highest BCUT2D eigenvalue weighted by molar-refractivity contribution is 9.10. The molecule has 1 heterocycles. The number of imide groups is 1. The number of likely N-dealkylation sites (tertiary alicyclic amines) is 1. The van der Waals surface area contributed by atoms with Gasteiger partial charge in [0, 0.05) is 24.8 Å². The van der Waals surface area contributed by atoms with E-state index in [1.807, 2.05) is 13.0 Å². The first kappa shape index (κ1) is 30.2. The fourth-order valence-corrected chi connectivity index (χ4v) is 8.34. The van der Waals surface area contributed by atoms with Gasteiger partial charge in [-0.3, -0.25) is 28.9 Å². The minimum Gasteiger partial charge on any atom is -0.503 e. The van der Waals surface area contributed by atoms with Gasteiger partial charge in [0.05, 0.1) is 28.8 Å². The first-order chi connectivity index (χ1) is 19.8. The Morgan fingerprint density at radius 2 is 1.79 bits per heavy atom. The first-order valence-electron chi connectivity index (χ1n) is 14.4. The zero-order chi connectivity index (χ0) is 30.7. The third-order valence-corrected chi connectivity index (χ3v) is 10.7. The number of ketones is 2. The Kier molecular flexibility index (Phi) is 7.98. The van der Waals surface area contributed by atoms with E-state index >= 15 is 0 Å². The fourth-order valence-electron chi connectivity index (χ4n) is 7.88. The zero-order valence-electron chi connectivity index (χ0n) is 24.2. The van der Waals surface area contributed by atoms with Crippen molar-refractivity contribution in [3.63, 3.8) is 0 Å². The van der Waals surface area contributed by atoms with Crippen LogP contribution in [0.4, 0.5) is 0 Å². The van der Waals surface area contributed by atoms with E-state index in [4.69, 9.17) is 9.84 Å². The van der Waals surface area contributed by atoms with Gasteiger partial charge >= 0.3 is 5.97 Å². The molecule has 1 aromatic carbocycles. The van der Waals surface area contributed by atoms with Gasteiger partial charge in [-0.1, -0.05) is 25.0 Å². The molecule has 1 saturated heterocycles. The summed E-state index contributed by atoms with van der Waals surface area (Å²) in [4.78, 5) is 67.5. The Morgan fingerprint density at radius 3 is 2.45 bits per heavy atom. The Hall–Kier alpha value is -3.27. The van der Waals surface area contributed by atoms with E-state index in [1.165, 1.54) is 12.0 Å². The lowest BCUT2D eigenvalue weighted by molar-refractivity contribution is -0.143. The van der Waals surface area contributed by atoms with Crippen molar-refractivity contribution in [2.75, 3.05) is 13.7 Å². The van der Waals surface area contributed by atoms with Crippen LogP contribution in [-0.2, 0) is 24.0 Å². The van der Waals surface area contributed by atoms with Crippen LogP contribution in [0.25, 0.3) is 0 Å². The summed E-state index contributed by atoms with van der Waals surface area (Å²) in [5.74, 6) is -4.32. The number of carboxylic acids is 1. The second kappa shape index (κ2) is 11.1. The van der Waals surface area contributed by atoms with Gasteiger partial charge < -0.3 is 14.9 Å². The Morgan fingerprint density at radius 1 is 1.07 bits per heavy atom. The highest BCUT2D eigenvalue weighted by atomic mass is 79.9. The van der Waals surface area contributed by atoms with E-state index in [2.05, 4.69) is 15.9 Å². The number of hydrogen-bond donors (Lipinski definition) is 2. The molecule has 0 aromatic heterocycles. The van der Waals surface area contributed by atoms with E-state index in [0.717, 1.165) is 5.57 Å². The summed E-state index contributed by atoms with van der Waals surface area (Å²) in [5.41, 5.74) is 1.28. The van der Waals surface area contributed by atoms with Gasteiger partial charge in [0.1, 0.15) is 0 Å². The lowest BCUT2D eigenvalue weighted by Crippen LogP contribution is -2.55. The minimum atomic E-state index is -1.13. The van der Waals surface area contributed by atoms with Crippen molar-refractivity contribution >= 4 is 45.3 Å². The number of benzene rings is 1. The topological polar surface area (TPSA) is 138 Å². The first-order valence-corrected chi connectivity index (χ1v) is 15.2. The molecule has 42 heavy (non-hydrogen) atoms. The number of aliphatic carboxylic acids is 1. The number of nitrogens with zero attached hydrogens (tertiary/aromatic N) is 1. The summed E-state index contributed by atoms with van der Waals surface area (Å²) in [5, 5.41) is 19.4. The molecule has 5 rings (SSSR count). The number of carboxylic acid groups (broad SMARTS) is 1. The monoisotopic (exact) mass is 641 g/mol. The largest absolute Gasteiger partial charge is 0.503 e. The van der Waals surface area contributed by atoms with Crippen LogP contribution in [-0.4, -0.2) is 58.1 Å². The van der Waals surface area contributed by atoms with E-state index in [0.29, 0.717) is 46.9 Å². The third kappa shape index (κ3) is 4.53. The Bertz CT molecular complexity index is 1460. The number of carbonyl (C=O) groups is 5. The molecule has 0 bridgehead atoms. The number of unbranched alkanes of at least 4 members (excludes halogenated alkanes) is 2. The maximum atomic E-state index is 14.1. The summed E-state index contributed by atoms with van der Waals surface area (Å²) in [6.45, 7) is 5.43. The molecule has 10 heteroatoms. The van der Waals surface area contributed by atoms with Crippen LogP contribution in [0.5, 0.6) is 11.5 Å². The van der Waals surface area contributed by atoms with Gasteiger partial charge in [-0.2, -0.15) is 0 Å². The van der Waals surface area contributed by atoms with Gasteiger partial charge in [0.15, 0.2) is 23.1 Å². The second-order valence-corrected chi connectivity index (χ2v) is 13.1. The summed E-state index contributed by atoms with van der Waals surface area (Å²) in [6.07, 6.45) is 4.26. The molecule has 0 spiro atoms.